The molecule has 0 atom stereocenters. The highest BCUT2D eigenvalue weighted by atomic mass is 16.4. The molecule has 0 spiro atoms. The fourth-order valence-corrected chi connectivity index (χ4v) is 2.09. The van der Waals surface area contributed by atoms with Crippen molar-refractivity contribution in [3.05, 3.63) is 23.9 Å². The van der Waals surface area contributed by atoms with Crippen molar-refractivity contribution in [1.82, 2.24) is 4.98 Å². The van der Waals surface area contributed by atoms with Gasteiger partial charge in [-0.05, 0) is 30.9 Å². The van der Waals surface area contributed by atoms with Crippen LogP contribution in [0.25, 0.3) is 0 Å². The highest BCUT2D eigenvalue weighted by Gasteiger charge is 2.28. The molecule has 5 heteroatoms. The molecule has 1 fully saturated rings. The average molecular weight is 236 g/mol. The summed E-state index contributed by atoms with van der Waals surface area (Å²) in [5.41, 5.74) is 0.246. The average Bonchev–Trinajstić information content (AvgIpc) is 2.27. The highest BCUT2D eigenvalue weighted by Crippen LogP contribution is 2.28. The van der Waals surface area contributed by atoms with E-state index in [9.17, 15) is 9.90 Å². The molecule has 0 bridgehead atoms. The molecule has 1 aromatic heterocycles. The van der Waals surface area contributed by atoms with Gasteiger partial charge in [0.05, 0.1) is 11.7 Å². The molecule has 0 aromatic carbocycles. The molecule has 1 aliphatic rings. The van der Waals surface area contributed by atoms with Crippen LogP contribution < -0.4 is 4.90 Å². The molecule has 5 nitrogen and oxygen atoms in total. The Kier molecular flexibility index (Phi) is 3.28. The third-order valence-corrected chi connectivity index (χ3v) is 3.13. The molecule has 0 aliphatic heterocycles. The summed E-state index contributed by atoms with van der Waals surface area (Å²) >= 11 is 0. The lowest BCUT2D eigenvalue weighted by Crippen LogP contribution is -2.37. The Morgan fingerprint density at radius 1 is 1.59 bits per heavy atom. The zero-order valence-corrected chi connectivity index (χ0v) is 9.71. The second-order valence-electron chi connectivity index (χ2n) is 4.58. The van der Waals surface area contributed by atoms with E-state index in [1.807, 2.05) is 11.9 Å². The standard InChI is InChI=1S/C12H16N2O3/c1-14(7-8-4-10(15)5-8)11-6-9(12(16)17)2-3-13-11/h2-3,6,8,10,15H,4-5,7H2,1H3,(H,16,17). The van der Waals surface area contributed by atoms with Gasteiger partial charge in [0.15, 0.2) is 0 Å². The number of aliphatic hydroxyl groups is 1. The fraction of sp³-hybridized carbons (Fsp3) is 0.500. The van der Waals surface area contributed by atoms with Crippen molar-refractivity contribution in [1.29, 1.82) is 0 Å². The first-order valence-electron chi connectivity index (χ1n) is 5.65. The molecule has 1 heterocycles. The third-order valence-electron chi connectivity index (χ3n) is 3.13. The lowest BCUT2D eigenvalue weighted by atomic mass is 9.82. The molecule has 0 unspecified atom stereocenters. The number of hydrogen-bond donors (Lipinski definition) is 2. The molecule has 0 radical (unpaired) electrons. The molecule has 1 aliphatic carbocycles. The van der Waals surface area contributed by atoms with Gasteiger partial charge in [0.1, 0.15) is 5.82 Å². The van der Waals surface area contributed by atoms with Gasteiger partial charge in [-0.15, -0.1) is 0 Å². The van der Waals surface area contributed by atoms with Crippen molar-refractivity contribution in [3.63, 3.8) is 0 Å². The van der Waals surface area contributed by atoms with Gasteiger partial charge in [0.25, 0.3) is 0 Å². The smallest absolute Gasteiger partial charge is 0.335 e. The van der Waals surface area contributed by atoms with Gasteiger partial charge in [0, 0.05) is 19.8 Å². The number of nitrogens with zero attached hydrogens (tertiary/aromatic N) is 2. The van der Waals surface area contributed by atoms with Crippen LogP contribution in [0.4, 0.5) is 5.82 Å². The Hall–Kier alpha value is -1.62. The van der Waals surface area contributed by atoms with Crippen LogP contribution in [-0.2, 0) is 0 Å². The summed E-state index contributed by atoms with van der Waals surface area (Å²) in [5.74, 6) is 0.192. The molecular formula is C12H16N2O3. The van der Waals surface area contributed by atoms with Gasteiger partial charge in [-0.1, -0.05) is 0 Å². The zero-order chi connectivity index (χ0) is 12.4. The topological polar surface area (TPSA) is 73.7 Å². The molecule has 0 amide bonds. The Balaban J connectivity index is 2.00. The summed E-state index contributed by atoms with van der Waals surface area (Å²) in [7, 11) is 1.89. The highest BCUT2D eigenvalue weighted by molar-refractivity contribution is 5.88. The third kappa shape index (κ3) is 2.74. The van der Waals surface area contributed by atoms with Gasteiger partial charge in [-0.3, -0.25) is 0 Å². The molecule has 1 saturated carbocycles. The van der Waals surface area contributed by atoms with Crippen molar-refractivity contribution in [2.45, 2.75) is 18.9 Å². The molecule has 2 N–H and O–H groups in total. The van der Waals surface area contributed by atoms with Crippen LogP contribution in [-0.4, -0.2) is 40.9 Å². The predicted molar refractivity (Wildman–Crippen MR) is 63.2 cm³/mol. The summed E-state index contributed by atoms with van der Waals surface area (Å²) < 4.78 is 0. The van der Waals surface area contributed by atoms with Crippen LogP contribution >= 0.6 is 0 Å². The first-order valence-corrected chi connectivity index (χ1v) is 5.65. The number of hydrogen-bond acceptors (Lipinski definition) is 4. The first-order chi connectivity index (χ1) is 8.06. The second kappa shape index (κ2) is 4.71. The number of rotatable bonds is 4. The molecule has 92 valence electrons. The van der Waals surface area contributed by atoms with Gasteiger partial charge < -0.3 is 15.1 Å². The minimum absolute atomic E-state index is 0.160. The Morgan fingerprint density at radius 2 is 2.29 bits per heavy atom. The van der Waals surface area contributed by atoms with Crippen LogP contribution in [0.3, 0.4) is 0 Å². The normalized spacial score (nSPS) is 22.9. The summed E-state index contributed by atoms with van der Waals surface area (Å²) in [4.78, 5) is 16.9. The Labute approximate surface area is 99.7 Å². The number of anilines is 1. The van der Waals surface area contributed by atoms with Gasteiger partial charge in [-0.2, -0.15) is 0 Å². The molecular weight excluding hydrogens is 220 g/mol. The Bertz CT molecular complexity index is 416. The van der Waals surface area contributed by atoms with Gasteiger partial charge in [-0.25, -0.2) is 9.78 Å². The minimum atomic E-state index is -0.943. The van der Waals surface area contributed by atoms with Crippen molar-refractivity contribution in [2.75, 3.05) is 18.5 Å². The molecule has 17 heavy (non-hydrogen) atoms. The van der Waals surface area contributed by atoms with E-state index in [-0.39, 0.29) is 11.7 Å². The van der Waals surface area contributed by atoms with Crippen LogP contribution in [0.5, 0.6) is 0 Å². The van der Waals surface area contributed by atoms with Crippen LogP contribution in [0.1, 0.15) is 23.2 Å². The van der Waals surface area contributed by atoms with E-state index in [4.69, 9.17) is 5.11 Å². The summed E-state index contributed by atoms with van der Waals surface area (Å²) in [5, 5.41) is 18.1. The van der Waals surface area contributed by atoms with Crippen molar-refractivity contribution < 1.29 is 15.0 Å². The van der Waals surface area contributed by atoms with E-state index in [0.717, 1.165) is 19.4 Å². The quantitative estimate of drug-likeness (QED) is 0.815. The maximum Gasteiger partial charge on any atom is 0.335 e. The summed E-state index contributed by atoms with van der Waals surface area (Å²) in [6, 6.07) is 3.05. The van der Waals surface area contributed by atoms with E-state index in [2.05, 4.69) is 4.98 Å². The lowest BCUT2D eigenvalue weighted by molar-refractivity contribution is 0.0464. The SMILES string of the molecule is CN(CC1CC(O)C1)c1cc(C(=O)O)ccn1. The maximum absolute atomic E-state index is 10.8. The molecule has 0 saturated heterocycles. The number of aromatic carboxylic acids is 1. The van der Waals surface area contributed by atoms with Crippen molar-refractivity contribution in [3.8, 4) is 0 Å². The maximum atomic E-state index is 10.8. The van der Waals surface area contributed by atoms with Crippen LogP contribution in [0.15, 0.2) is 18.3 Å². The monoisotopic (exact) mass is 236 g/mol. The summed E-state index contributed by atoms with van der Waals surface area (Å²) in [6.45, 7) is 0.799. The number of carboxylic acids is 1. The summed E-state index contributed by atoms with van der Waals surface area (Å²) in [6.07, 6.45) is 2.99. The predicted octanol–water partition coefficient (Wildman–Crippen LogP) is 0.987. The van der Waals surface area contributed by atoms with Gasteiger partial charge >= 0.3 is 5.97 Å². The van der Waals surface area contributed by atoms with Gasteiger partial charge in [0.2, 0.25) is 0 Å². The van der Waals surface area contributed by atoms with E-state index < -0.39 is 5.97 Å². The number of pyridine rings is 1. The lowest BCUT2D eigenvalue weighted by Gasteiger charge is -2.34. The number of aromatic nitrogens is 1. The van der Waals surface area contributed by atoms with Crippen molar-refractivity contribution in [2.24, 2.45) is 5.92 Å². The number of aliphatic hydroxyl groups excluding tert-OH is 1. The van der Waals surface area contributed by atoms with E-state index in [1.54, 1.807) is 6.07 Å². The first kappa shape index (κ1) is 11.9. The molecule has 1 aromatic rings. The van der Waals surface area contributed by atoms with E-state index >= 15 is 0 Å². The van der Waals surface area contributed by atoms with E-state index in [1.165, 1.54) is 12.3 Å². The largest absolute Gasteiger partial charge is 0.478 e. The number of carboxylic acid groups (broad SMARTS) is 1. The minimum Gasteiger partial charge on any atom is -0.478 e. The van der Waals surface area contributed by atoms with Crippen LogP contribution in [0.2, 0.25) is 0 Å². The van der Waals surface area contributed by atoms with E-state index in [0.29, 0.717) is 11.7 Å². The molecule has 2 rings (SSSR count). The Morgan fingerprint density at radius 3 is 2.88 bits per heavy atom. The zero-order valence-electron chi connectivity index (χ0n) is 9.71. The number of carbonyl (C=O) groups is 1. The second-order valence-corrected chi connectivity index (χ2v) is 4.58. The fourth-order valence-electron chi connectivity index (χ4n) is 2.09. The van der Waals surface area contributed by atoms with Crippen molar-refractivity contribution >= 4 is 11.8 Å². The van der Waals surface area contributed by atoms with Crippen LogP contribution in [0, 0.1) is 5.92 Å².